The quantitative estimate of drug-likeness (QED) is 0.671. The lowest BCUT2D eigenvalue weighted by molar-refractivity contribution is -0.120. The Kier molecular flexibility index (Phi) is 5.93. The van der Waals surface area contributed by atoms with Gasteiger partial charge in [-0.1, -0.05) is 6.07 Å². The summed E-state index contributed by atoms with van der Waals surface area (Å²) in [5.74, 6) is -1.10. The average molecular weight is 488 g/mol. The topological polar surface area (TPSA) is 66.5 Å². The van der Waals surface area contributed by atoms with Gasteiger partial charge in [0.2, 0.25) is 15.9 Å². The second kappa shape index (κ2) is 8.01. The number of piperidine rings is 1. The number of hydrogen-bond acceptors (Lipinski definition) is 3. The van der Waals surface area contributed by atoms with E-state index in [0.717, 1.165) is 15.7 Å². The summed E-state index contributed by atoms with van der Waals surface area (Å²) in [6.07, 6.45) is 1.23. The molecule has 1 aliphatic rings. The Labute approximate surface area is 165 Å². The molecule has 1 saturated heterocycles. The van der Waals surface area contributed by atoms with Crippen LogP contribution in [-0.2, 0) is 14.8 Å². The summed E-state index contributed by atoms with van der Waals surface area (Å²) < 4.78 is 40.9. The predicted molar refractivity (Wildman–Crippen MR) is 106 cm³/mol. The maximum atomic E-state index is 13.1. The van der Waals surface area contributed by atoms with Gasteiger partial charge in [-0.05, 0) is 77.9 Å². The van der Waals surface area contributed by atoms with Gasteiger partial charge in [-0.3, -0.25) is 4.79 Å². The third-order valence-corrected chi connectivity index (χ3v) is 6.85. The van der Waals surface area contributed by atoms with Crippen molar-refractivity contribution in [1.82, 2.24) is 4.31 Å². The van der Waals surface area contributed by atoms with Crippen LogP contribution in [0.25, 0.3) is 0 Å². The number of benzene rings is 2. The van der Waals surface area contributed by atoms with Crippen molar-refractivity contribution in [2.24, 2.45) is 5.92 Å². The predicted octanol–water partition coefficient (Wildman–Crippen LogP) is 3.47. The van der Waals surface area contributed by atoms with Gasteiger partial charge >= 0.3 is 0 Å². The van der Waals surface area contributed by atoms with E-state index in [9.17, 15) is 17.6 Å². The molecule has 1 heterocycles. The number of carbonyl (C=O) groups excluding carboxylic acids is 1. The molecule has 3 rings (SSSR count). The van der Waals surface area contributed by atoms with Crippen molar-refractivity contribution >= 4 is 44.2 Å². The number of rotatable bonds is 4. The zero-order valence-electron chi connectivity index (χ0n) is 13.9. The monoisotopic (exact) mass is 488 g/mol. The van der Waals surface area contributed by atoms with E-state index in [1.165, 1.54) is 16.4 Å². The lowest BCUT2D eigenvalue weighted by atomic mass is 9.99. The number of sulfonamides is 1. The third-order valence-electron chi connectivity index (χ3n) is 4.30. The maximum Gasteiger partial charge on any atom is 0.243 e. The number of nitrogens with one attached hydrogen (secondary N) is 1. The molecule has 8 heteroatoms. The summed E-state index contributed by atoms with van der Waals surface area (Å²) in [6, 6.07) is 12.2. The second-order valence-electron chi connectivity index (χ2n) is 6.16. The van der Waals surface area contributed by atoms with Crippen LogP contribution in [0.5, 0.6) is 0 Å². The SMILES string of the molecule is O=C(Nc1cccc(I)c1)C1CCCN(S(=O)(=O)c2ccc(F)cc2)C1. The number of anilines is 1. The molecule has 2 aromatic carbocycles. The second-order valence-corrected chi connectivity index (χ2v) is 9.34. The molecular weight excluding hydrogens is 470 g/mol. The maximum absolute atomic E-state index is 13.1. The molecule has 0 aliphatic carbocycles. The fraction of sp³-hybridized carbons (Fsp3) is 0.278. The first-order valence-corrected chi connectivity index (χ1v) is 10.7. The van der Waals surface area contributed by atoms with Gasteiger partial charge in [-0.2, -0.15) is 4.31 Å². The first-order chi connectivity index (χ1) is 12.4. The van der Waals surface area contributed by atoms with Gasteiger partial charge in [-0.25, -0.2) is 12.8 Å². The van der Waals surface area contributed by atoms with Crippen molar-refractivity contribution in [3.8, 4) is 0 Å². The van der Waals surface area contributed by atoms with Crippen LogP contribution in [0.4, 0.5) is 10.1 Å². The molecule has 1 N–H and O–H groups in total. The van der Waals surface area contributed by atoms with Gasteiger partial charge in [-0.15, -0.1) is 0 Å². The number of carbonyl (C=O) groups is 1. The average Bonchev–Trinajstić information content (AvgIpc) is 2.62. The van der Waals surface area contributed by atoms with Crippen LogP contribution in [0.2, 0.25) is 0 Å². The Hall–Kier alpha value is -1.52. The summed E-state index contributed by atoms with van der Waals surface area (Å²) in [6.45, 7) is 0.474. The molecule has 1 aliphatic heterocycles. The van der Waals surface area contributed by atoms with Crippen molar-refractivity contribution in [3.05, 3.63) is 57.9 Å². The molecule has 1 atom stereocenters. The smallest absolute Gasteiger partial charge is 0.243 e. The molecule has 138 valence electrons. The molecule has 1 fully saturated rings. The molecule has 26 heavy (non-hydrogen) atoms. The van der Waals surface area contributed by atoms with Crippen molar-refractivity contribution in [3.63, 3.8) is 0 Å². The van der Waals surface area contributed by atoms with E-state index < -0.39 is 21.8 Å². The Morgan fingerprint density at radius 3 is 2.62 bits per heavy atom. The van der Waals surface area contributed by atoms with Gasteiger partial charge in [0.05, 0.1) is 10.8 Å². The minimum absolute atomic E-state index is 0.0394. The van der Waals surface area contributed by atoms with Crippen LogP contribution in [-0.4, -0.2) is 31.7 Å². The van der Waals surface area contributed by atoms with E-state index in [2.05, 4.69) is 27.9 Å². The third kappa shape index (κ3) is 4.41. The van der Waals surface area contributed by atoms with Crippen molar-refractivity contribution in [2.75, 3.05) is 18.4 Å². The molecule has 2 aromatic rings. The molecule has 5 nitrogen and oxygen atoms in total. The Morgan fingerprint density at radius 2 is 1.92 bits per heavy atom. The van der Waals surface area contributed by atoms with E-state index in [0.29, 0.717) is 25.1 Å². The van der Waals surface area contributed by atoms with Gasteiger partial charge < -0.3 is 5.32 Å². The normalized spacial score (nSPS) is 18.5. The summed E-state index contributed by atoms with van der Waals surface area (Å²) in [5.41, 5.74) is 0.695. The van der Waals surface area contributed by atoms with Crippen LogP contribution >= 0.6 is 22.6 Å². The first kappa shape index (κ1) is 19.2. The summed E-state index contributed by atoms with van der Waals surface area (Å²) >= 11 is 2.16. The van der Waals surface area contributed by atoms with Crippen LogP contribution in [0.3, 0.4) is 0 Å². The van der Waals surface area contributed by atoms with E-state index in [1.807, 2.05) is 18.2 Å². The van der Waals surface area contributed by atoms with Crippen LogP contribution in [0.1, 0.15) is 12.8 Å². The van der Waals surface area contributed by atoms with Crippen LogP contribution in [0.15, 0.2) is 53.4 Å². The highest BCUT2D eigenvalue weighted by molar-refractivity contribution is 14.1. The fourth-order valence-corrected chi connectivity index (χ4v) is 5.01. The summed E-state index contributed by atoms with van der Waals surface area (Å²) in [4.78, 5) is 12.6. The Bertz CT molecular complexity index is 903. The molecule has 1 amide bonds. The lowest BCUT2D eigenvalue weighted by Crippen LogP contribution is -2.43. The zero-order valence-corrected chi connectivity index (χ0v) is 16.8. The number of amides is 1. The van der Waals surface area contributed by atoms with Gasteiger partial charge in [0, 0.05) is 22.3 Å². The molecule has 0 spiro atoms. The minimum Gasteiger partial charge on any atom is -0.326 e. The van der Waals surface area contributed by atoms with E-state index >= 15 is 0 Å². The molecule has 0 saturated carbocycles. The standard InChI is InChI=1S/C18H18FIN2O3S/c19-14-6-8-17(9-7-14)26(24,25)22-10-2-3-13(12-22)18(23)21-16-5-1-4-15(20)11-16/h1,4-9,11,13H,2-3,10,12H2,(H,21,23). The highest BCUT2D eigenvalue weighted by Crippen LogP contribution is 2.25. The van der Waals surface area contributed by atoms with E-state index in [-0.39, 0.29) is 17.3 Å². The Balaban J connectivity index is 1.72. The van der Waals surface area contributed by atoms with E-state index in [4.69, 9.17) is 0 Å². The summed E-state index contributed by atoms with van der Waals surface area (Å²) in [7, 11) is -3.74. The largest absolute Gasteiger partial charge is 0.326 e. The van der Waals surface area contributed by atoms with Crippen molar-refractivity contribution in [1.29, 1.82) is 0 Å². The van der Waals surface area contributed by atoms with Crippen LogP contribution in [0, 0.1) is 15.3 Å². The number of hydrogen-bond donors (Lipinski definition) is 1. The minimum atomic E-state index is -3.74. The zero-order chi connectivity index (χ0) is 18.7. The van der Waals surface area contributed by atoms with Crippen molar-refractivity contribution in [2.45, 2.75) is 17.7 Å². The highest BCUT2D eigenvalue weighted by Gasteiger charge is 2.33. The molecular formula is C18H18FIN2O3S. The van der Waals surface area contributed by atoms with Crippen LogP contribution < -0.4 is 5.32 Å². The van der Waals surface area contributed by atoms with Gasteiger partial charge in [0.15, 0.2) is 0 Å². The highest BCUT2D eigenvalue weighted by atomic mass is 127. The molecule has 1 unspecified atom stereocenters. The van der Waals surface area contributed by atoms with Gasteiger partial charge in [0.1, 0.15) is 5.82 Å². The lowest BCUT2D eigenvalue weighted by Gasteiger charge is -2.31. The molecule has 0 aromatic heterocycles. The molecule has 0 bridgehead atoms. The molecule has 0 radical (unpaired) electrons. The first-order valence-electron chi connectivity index (χ1n) is 8.18. The van der Waals surface area contributed by atoms with Gasteiger partial charge in [0.25, 0.3) is 0 Å². The number of nitrogens with zero attached hydrogens (tertiary/aromatic N) is 1. The fourth-order valence-electron chi connectivity index (χ4n) is 2.94. The number of halogens is 2. The summed E-state index contributed by atoms with van der Waals surface area (Å²) in [5, 5.41) is 2.86. The Morgan fingerprint density at radius 1 is 1.19 bits per heavy atom. The van der Waals surface area contributed by atoms with E-state index in [1.54, 1.807) is 6.07 Å². The van der Waals surface area contributed by atoms with Crippen molar-refractivity contribution < 1.29 is 17.6 Å².